The second kappa shape index (κ2) is 6.29. The predicted molar refractivity (Wildman–Crippen MR) is 87.4 cm³/mol. The van der Waals surface area contributed by atoms with E-state index in [0.717, 1.165) is 6.42 Å². The van der Waals surface area contributed by atoms with Crippen LogP contribution in [0.2, 0.25) is 5.02 Å². The number of benzene rings is 1. The fourth-order valence-corrected chi connectivity index (χ4v) is 3.61. The van der Waals surface area contributed by atoms with Crippen molar-refractivity contribution in [3.63, 3.8) is 0 Å². The van der Waals surface area contributed by atoms with E-state index in [4.69, 9.17) is 11.6 Å². The van der Waals surface area contributed by atoms with Crippen molar-refractivity contribution in [3.8, 4) is 0 Å². The molecule has 1 fully saturated rings. The molecule has 0 unspecified atom stereocenters. The Morgan fingerprint density at radius 2 is 2.08 bits per heavy atom. The average molecular weight is 375 g/mol. The van der Waals surface area contributed by atoms with Crippen molar-refractivity contribution in [2.75, 3.05) is 0 Å². The third-order valence-corrected chi connectivity index (χ3v) is 5.30. The Morgan fingerprint density at radius 3 is 2.72 bits per heavy atom. The summed E-state index contributed by atoms with van der Waals surface area (Å²) < 4.78 is 41.3. The van der Waals surface area contributed by atoms with Crippen LogP contribution in [0.1, 0.15) is 48.0 Å². The summed E-state index contributed by atoms with van der Waals surface area (Å²) in [5.74, 6) is -2.20. The van der Waals surface area contributed by atoms with Crippen LogP contribution in [0.5, 0.6) is 0 Å². The maximum Gasteiger partial charge on any atom is 0.439 e. The van der Waals surface area contributed by atoms with E-state index in [1.807, 2.05) is 0 Å². The molecule has 3 rings (SSSR count). The number of halogens is 4. The number of hydrogen-bond donors (Lipinski definition) is 1. The molecule has 0 aromatic heterocycles. The van der Waals surface area contributed by atoms with Crippen molar-refractivity contribution in [1.29, 1.82) is 0 Å². The van der Waals surface area contributed by atoms with Crippen LogP contribution in [0.3, 0.4) is 0 Å². The molecular formula is C17H18ClF3N2O2. The Bertz CT molecular complexity index is 735. The lowest BCUT2D eigenvalue weighted by Crippen LogP contribution is -2.61. The highest BCUT2D eigenvalue weighted by Crippen LogP contribution is 2.48. The maximum atomic E-state index is 13.8. The van der Waals surface area contributed by atoms with E-state index in [1.165, 1.54) is 18.2 Å². The molecule has 0 saturated heterocycles. The molecule has 1 amide bonds. The van der Waals surface area contributed by atoms with E-state index >= 15 is 0 Å². The summed E-state index contributed by atoms with van der Waals surface area (Å²) in [6.45, 7) is 1.65. The van der Waals surface area contributed by atoms with Crippen molar-refractivity contribution in [2.45, 2.75) is 50.9 Å². The third kappa shape index (κ3) is 2.93. The van der Waals surface area contributed by atoms with Gasteiger partial charge in [0.15, 0.2) is 0 Å². The largest absolute Gasteiger partial charge is 0.439 e. The third-order valence-electron chi connectivity index (χ3n) is 4.88. The molecule has 1 aromatic rings. The van der Waals surface area contributed by atoms with Crippen LogP contribution < -0.4 is 0 Å². The van der Waals surface area contributed by atoms with Crippen LogP contribution in [-0.2, 0) is 0 Å². The highest BCUT2D eigenvalue weighted by molar-refractivity contribution is 6.31. The first-order valence-electron chi connectivity index (χ1n) is 8.13. The summed E-state index contributed by atoms with van der Waals surface area (Å²) in [4.78, 5) is 12.7. The first-order chi connectivity index (χ1) is 11.7. The van der Waals surface area contributed by atoms with Gasteiger partial charge in [0.25, 0.3) is 11.6 Å². The first-order valence-corrected chi connectivity index (χ1v) is 8.51. The molecule has 25 heavy (non-hydrogen) atoms. The summed E-state index contributed by atoms with van der Waals surface area (Å²) in [5.41, 5.74) is -2.50. The van der Waals surface area contributed by atoms with Crippen molar-refractivity contribution in [3.05, 3.63) is 34.3 Å². The molecule has 1 heterocycles. The van der Waals surface area contributed by atoms with Crippen molar-refractivity contribution < 1.29 is 23.1 Å². The lowest BCUT2D eigenvalue weighted by Gasteiger charge is -2.37. The van der Waals surface area contributed by atoms with Gasteiger partial charge in [0.05, 0.1) is 5.92 Å². The summed E-state index contributed by atoms with van der Waals surface area (Å²) in [6.07, 6.45) is -2.46. The van der Waals surface area contributed by atoms with Gasteiger partial charge in [-0.05, 0) is 49.9 Å². The van der Waals surface area contributed by atoms with Gasteiger partial charge in [0.1, 0.15) is 0 Å². The SMILES string of the molecule is Cc1cc(C(=O)N2N=C3CCCCC[C@H]3[C@]2(O)C(F)(F)F)ccc1Cl. The number of amides is 1. The minimum Gasteiger partial charge on any atom is -0.362 e. The standard InChI is InChI=1S/C17H18ClF3N2O2/c1-10-9-11(7-8-13(10)18)15(24)23-16(25,17(19,20)21)12-5-3-2-4-6-14(12)22-23/h7-9,12,25H,2-6H2,1H3/t12-,16+/m1/s1. The zero-order chi connectivity index (χ0) is 18.4. The number of hydrazone groups is 1. The van der Waals surface area contributed by atoms with Crippen LogP contribution in [0.25, 0.3) is 0 Å². The lowest BCUT2D eigenvalue weighted by molar-refractivity contribution is -0.312. The molecule has 136 valence electrons. The highest BCUT2D eigenvalue weighted by Gasteiger charge is 2.68. The predicted octanol–water partition coefficient (Wildman–Crippen LogP) is 4.29. The molecule has 1 aromatic carbocycles. The molecule has 4 nitrogen and oxygen atoms in total. The lowest BCUT2D eigenvalue weighted by atomic mass is 9.87. The number of fused-ring (bicyclic) bond motifs is 1. The van der Waals surface area contributed by atoms with Crippen LogP contribution in [0.15, 0.2) is 23.3 Å². The molecule has 2 atom stereocenters. The number of aryl methyl sites for hydroxylation is 1. The number of rotatable bonds is 1. The second-order valence-corrected chi connectivity index (χ2v) is 6.96. The number of carbonyl (C=O) groups is 1. The Kier molecular flexibility index (Phi) is 4.58. The Morgan fingerprint density at radius 1 is 1.36 bits per heavy atom. The molecule has 1 N–H and O–H groups in total. The van der Waals surface area contributed by atoms with E-state index in [1.54, 1.807) is 6.92 Å². The Labute approximate surface area is 148 Å². The van der Waals surface area contributed by atoms with Crippen molar-refractivity contribution >= 4 is 23.2 Å². The molecular weight excluding hydrogens is 357 g/mol. The number of alkyl halides is 3. The van der Waals surface area contributed by atoms with Crippen LogP contribution in [-0.4, -0.2) is 33.6 Å². The van der Waals surface area contributed by atoms with E-state index in [-0.39, 0.29) is 22.7 Å². The minimum absolute atomic E-state index is 0.00499. The summed E-state index contributed by atoms with van der Waals surface area (Å²) in [7, 11) is 0. The van der Waals surface area contributed by atoms with E-state index in [2.05, 4.69) is 5.10 Å². The van der Waals surface area contributed by atoms with Crippen LogP contribution >= 0.6 is 11.6 Å². The number of aliphatic hydroxyl groups is 1. The van der Waals surface area contributed by atoms with Gasteiger partial charge in [-0.3, -0.25) is 4.79 Å². The molecule has 0 radical (unpaired) electrons. The summed E-state index contributed by atoms with van der Waals surface area (Å²) in [6, 6.07) is 4.18. The van der Waals surface area contributed by atoms with Crippen molar-refractivity contribution in [2.24, 2.45) is 11.0 Å². The van der Waals surface area contributed by atoms with Gasteiger partial charge in [-0.2, -0.15) is 23.3 Å². The summed E-state index contributed by atoms with van der Waals surface area (Å²) in [5, 5.41) is 15.1. The van der Waals surface area contributed by atoms with E-state index in [9.17, 15) is 23.1 Å². The first kappa shape index (κ1) is 18.2. The molecule has 1 aliphatic carbocycles. The smallest absolute Gasteiger partial charge is 0.362 e. The van der Waals surface area contributed by atoms with Gasteiger partial charge < -0.3 is 5.11 Å². The van der Waals surface area contributed by atoms with Crippen molar-refractivity contribution in [1.82, 2.24) is 5.01 Å². The molecule has 0 bridgehead atoms. The molecule has 1 saturated carbocycles. The highest BCUT2D eigenvalue weighted by atomic mass is 35.5. The minimum atomic E-state index is -5.01. The maximum absolute atomic E-state index is 13.8. The second-order valence-electron chi connectivity index (χ2n) is 6.55. The fourth-order valence-electron chi connectivity index (χ4n) is 3.50. The fraction of sp³-hybridized carbons (Fsp3) is 0.529. The van der Waals surface area contributed by atoms with E-state index < -0.39 is 23.7 Å². The topological polar surface area (TPSA) is 52.9 Å². The van der Waals surface area contributed by atoms with Gasteiger partial charge in [0.2, 0.25) is 0 Å². The monoisotopic (exact) mass is 374 g/mol. The normalized spacial score (nSPS) is 26.9. The average Bonchev–Trinajstić information content (AvgIpc) is 2.70. The Hall–Kier alpha value is -1.60. The van der Waals surface area contributed by atoms with Gasteiger partial charge in [-0.1, -0.05) is 24.4 Å². The summed E-state index contributed by atoms with van der Waals surface area (Å²) >= 11 is 5.91. The zero-order valence-electron chi connectivity index (χ0n) is 13.6. The zero-order valence-corrected chi connectivity index (χ0v) is 14.4. The van der Waals surface area contributed by atoms with Gasteiger partial charge in [-0.25, -0.2) is 0 Å². The van der Waals surface area contributed by atoms with Gasteiger partial charge in [0, 0.05) is 16.3 Å². The number of nitrogens with zero attached hydrogens (tertiary/aromatic N) is 2. The molecule has 2 aliphatic rings. The Balaban J connectivity index is 2.05. The van der Waals surface area contributed by atoms with Crippen LogP contribution in [0, 0.1) is 12.8 Å². The van der Waals surface area contributed by atoms with E-state index in [0.29, 0.717) is 29.8 Å². The van der Waals surface area contributed by atoms with Crippen LogP contribution in [0.4, 0.5) is 13.2 Å². The molecule has 1 aliphatic heterocycles. The number of carbonyl (C=O) groups excluding carboxylic acids is 1. The number of hydrogen-bond acceptors (Lipinski definition) is 3. The quantitative estimate of drug-likeness (QED) is 0.797. The van der Waals surface area contributed by atoms with Gasteiger partial charge >= 0.3 is 6.18 Å². The molecule has 0 spiro atoms. The van der Waals surface area contributed by atoms with Gasteiger partial charge in [-0.15, -0.1) is 0 Å². The molecule has 8 heteroatoms.